The van der Waals surface area contributed by atoms with Gasteiger partial charge in [-0.15, -0.1) is 0 Å². The van der Waals surface area contributed by atoms with Gasteiger partial charge >= 0.3 is 0 Å². The second-order valence-corrected chi connectivity index (χ2v) is 4.28. The summed E-state index contributed by atoms with van der Waals surface area (Å²) >= 11 is 5.99. The molecule has 2 N–H and O–H groups in total. The average molecular weight is 237 g/mol. The van der Waals surface area contributed by atoms with Crippen LogP contribution in [0.4, 0.5) is 5.69 Å². The summed E-state index contributed by atoms with van der Waals surface area (Å²) < 4.78 is 0. The van der Waals surface area contributed by atoms with Crippen LogP contribution in [0.15, 0.2) is 6.33 Å². The Balaban J connectivity index is 2.38. The van der Waals surface area contributed by atoms with Gasteiger partial charge in [-0.25, -0.2) is 9.97 Å². The number of carbonyl (C=O) groups is 1. The van der Waals surface area contributed by atoms with Crippen LogP contribution in [0.5, 0.6) is 0 Å². The van der Waals surface area contributed by atoms with Crippen molar-refractivity contribution in [3.63, 3.8) is 0 Å². The number of aromatic nitrogens is 3. The van der Waals surface area contributed by atoms with Crippen LogP contribution in [-0.2, 0) is 0 Å². The fourth-order valence-corrected chi connectivity index (χ4v) is 2.29. The number of halogens is 1. The first-order chi connectivity index (χ1) is 7.66. The quantitative estimate of drug-likeness (QED) is 0.687. The summed E-state index contributed by atoms with van der Waals surface area (Å²) in [5, 5.41) is 3.46. The number of hydrogen-bond donors (Lipinski definition) is 2. The summed E-state index contributed by atoms with van der Waals surface area (Å²) in [5.74, 6) is 0.0234. The maximum absolute atomic E-state index is 11.9. The number of rotatable bonds is 0. The van der Waals surface area contributed by atoms with Gasteiger partial charge in [0.25, 0.3) is 0 Å². The number of nitrogens with zero attached hydrogens (tertiary/aromatic N) is 2. The number of aromatic amines is 1. The van der Waals surface area contributed by atoms with Gasteiger partial charge in [0.2, 0.25) is 0 Å². The van der Waals surface area contributed by atoms with Crippen molar-refractivity contribution in [2.24, 2.45) is 0 Å². The Labute approximate surface area is 96.2 Å². The third-order valence-electron chi connectivity index (χ3n) is 2.69. The van der Waals surface area contributed by atoms with E-state index in [1.54, 1.807) is 6.33 Å². The molecule has 0 aromatic carbocycles. The molecular formula is C10H9ClN4O. The number of anilines is 1. The minimum absolute atomic E-state index is 0.0234. The Morgan fingerprint density at radius 1 is 1.56 bits per heavy atom. The van der Waals surface area contributed by atoms with Gasteiger partial charge in [0.05, 0.1) is 17.6 Å². The minimum Gasteiger partial charge on any atom is -0.380 e. The van der Waals surface area contributed by atoms with Crippen LogP contribution in [0.2, 0.25) is 5.15 Å². The molecule has 0 saturated heterocycles. The summed E-state index contributed by atoms with van der Waals surface area (Å²) in [7, 11) is 0. The molecule has 0 radical (unpaired) electrons. The first-order valence-electron chi connectivity index (χ1n) is 4.99. The summed E-state index contributed by atoms with van der Waals surface area (Å²) in [5.41, 5.74) is 2.45. The second kappa shape index (κ2) is 3.18. The van der Waals surface area contributed by atoms with Crippen molar-refractivity contribution in [3.8, 4) is 0 Å². The van der Waals surface area contributed by atoms with E-state index in [1.807, 2.05) is 6.92 Å². The molecule has 5 nitrogen and oxygen atoms in total. The second-order valence-electron chi connectivity index (χ2n) is 3.93. The molecule has 16 heavy (non-hydrogen) atoms. The summed E-state index contributed by atoms with van der Waals surface area (Å²) in [6.45, 7) is 1.96. The number of Topliss-reactive ketones (excluding diaryl/α,β-unsaturated/α-hetero) is 1. The predicted molar refractivity (Wildman–Crippen MR) is 60.9 cm³/mol. The molecule has 0 fully saturated rings. The van der Waals surface area contributed by atoms with E-state index in [9.17, 15) is 4.79 Å². The van der Waals surface area contributed by atoms with Crippen molar-refractivity contribution in [2.45, 2.75) is 19.4 Å². The highest BCUT2D eigenvalue weighted by Gasteiger charge is 2.27. The molecule has 0 amide bonds. The van der Waals surface area contributed by atoms with E-state index in [2.05, 4.69) is 20.3 Å². The SMILES string of the molecule is CC1CC(=O)c2c(Cl)nc3nc[nH]c3c2N1. The molecule has 0 aliphatic carbocycles. The number of imidazole rings is 1. The fourth-order valence-electron chi connectivity index (χ4n) is 2.01. The first-order valence-corrected chi connectivity index (χ1v) is 5.37. The molecule has 0 saturated carbocycles. The summed E-state index contributed by atoms with van der Waals surface area (Å²) in [6, 6.07) is 0.102. The Morgan fingerprint density at radius 3 is 3.19 bits per heavy atom. The highest BCUT2D eigenvalue weighted by Crippen LogP contribution is 2.34. The van der Waals surface area contributed by atoms with E-state index in [1.165, 1.54) is 0 Å². The van der Waals surface area contributed by atoms with E-state index < -0.39 is 0 Å². The maximum Gasteiger partial charge on any atom is 0.181 e. The fraction of sp³-hybridized carbons (Fsp3) is 0.300. The number of H-pyrrole nitrogens is 1. The van der Waals surface area contributed by atoms with Crippen LogP contribution < -0.4 is 5.32 Å². The molecule has 2 aromatic heterocycles. The lowest BCUT2D eigenvalue weighted by molar-refractivity contribution is 0.0974. The van der Waals surface area contributed by atoms with Crippen LogP contribution in [0.1, 0.15) is 23.7 Å². The Hall–Kier alpha value is -1.62. The van der Waals surface area contributed by atoms with Crippen molar-refractivity contribution < 1.29 is 4.79 Å². The van der Waals surface area contributed by atoms with Crippen molar-refractivity contribution in [1.82, 2.24) is 15.0 Å². The Morgan fingerprint density at radius 2 is 2.38 bits per heavy atom. The summed E-state index contributed by atoms with van der Waals surface area (Å²) in [6.07, 6.45) is 1.98. The van der Waals surface area contributed by atoms with Crippen molar-refractivity contribution in [2.75, 3.05) is 5.32 Å². The van der Waals surface area contributed by atoms with E-state index in [0.29, 0.717) is 17.6 Å². The molecular weight excluding hydrogens is 228 g/mol. The molecule has 0 spiro atoms. The van der Waals surface area contributed by atoms with Crippen molar-refractivity contribution >= 4 is 34.2 Å². The van der Waals surface area contributed by atoms with Gasteiger partial charge in [-0.1, -0.05) is 11.6 Å². The largest absolute Gasteiger partial charge is 0.380 e. The van der Waals surface area contributed by atoms with Crippen molar-refractivity contribution in [3.05, 3.63) is 17.0 Å². The zero-order chi connectivity index (χ0) is 11.3. The highest BCUT2D eigenvalue weighted by atomic mass is 35.5. The number of fused-ring (bicyclic) bond motifs is 3. The smallest absolute Gasteiger partial charge is 0.181 e. The molecule has 3 rings (SSSR count). The molecule has 3 heterocycles. The number of nitrogens with one attached hydrogen (secondary N) is 2. The zero-order valence-corrected chi connectivity index (χ0v) is 9.30. The lowest BCUT2D eigenvalue weighted by atomic mass is 9.99. The van der Waals surface area contributed by atoms with Crippen LogP contribution >= 0.6 is 11.6 Å². The number of ketones is 1. The number of hydrogen-bond acceptors (Lipinski definition) is 4. The van der Waals surface area contributed by atoms with E-state index in [-0.39, 0.29) is 17.0 Å². The summed E-state index contributed by atoms with van der Waals surface area (Å²) in [4.78, 5) is 23.0. The van der Waals surface area contributed by atoms with E-state index >= 15 is 0 Å². The maximum atomic E-state index is 11.9. The molecule has 1 aliphatic heterocycles. The van der Waals surface area contributed by atoms with Crippen LogP contribution in [-0.4, -0.2) is 26.8 Å². The van der Waals surface area contributed by atoms with Crippen LogP contribution in [0.3, 0.4) is 0 Å². The Bertz CT molecular complexity index is 592. The van der Waals surface area contributed by atoms with Gasteiger partial charge in [-0.2, -0.15) is 0 Å². The average Bonchev–Trinajstić information content (AvgIpc) is 2.64. The van der Waals surface area contributed by atoms with Gasteiger partial charge in [-0.3, -0.25) is 4.79 Å². The van der Waals surface area contributed by atoms with Gasteiger partial charge in [0, 0.05) is 12.5 Å². The number of pyridine rings is 1. The molecule has 1 unspecified atom stereocenters. The molecule has 2 aromatic rings. The van der Waals surface area contributed by atoms with E-state index in [0.717, 1.165) is 11.2 Å². The molecule has 82 valence electrons. The number of carbonyl (C=O) groups excluding carboxylic acids is 1. The van der Waals surface area contributed by atoms with Crippen LogP contribution in [0, 0.1) is 0 Å². The zero-order valence-electron chi connectivity index (χ0n) is 8.54. The molecule has 6 heteroatoms. The molecule has 1 atom stereocenters. The third kappa shape index (κ3) is 1.21. The monoisotopic (exact) mass is 236 g/mol. The normalized spacial score (nSPS) is 19.6. The third-order valence-corrected chi connectivity index (χ3v) is 2.96. The molecule has 0 bridgehead atoms. The lowest BCUT2D eigenvalue weighted by Gasteiger charge is -2.23. The van der Waals surface area contributed by atoms with Gasteiger partial charge in [-0.05, 0) is 6.92 Å². The van der Waals surface area contributed by atoms with Gasteiger partial charge < -0.3 is 10.3 Å². The predicted octanol–water partition coefficient (Wildman–Crippen LogP) is 2.00. The van der Waals surface area contributed by atoms with Crippen LogP contribution in [0.25, 0.3) is 11.2 Å². The van der Waals surface area contributed by atoms with Crippen molar-refractivity contribution in [1.29, 1.82) is 0 Å². The van der Waals surface area contributed by atoms with Gasteiger partial charge in [0.1, 0.15) is 10.7 Å². The van der Waals surface area contributed by atoms with E-state index in [4.69, 9.17) is 11.6 Å². The topological polar surface area (TPSA) is 70.7 Å². The van der Waals surface area contributed by atoms with Gasteiger partial charge in [0.15, 0.2) is 11.4 Å². The standard InChI is InChI=1S/C10H9ClN4O/c1-4-2-5(16)6-7(14-4)8-10(13-3-12-8)15-9(6)11/h3-4,14H,2H2,1H3,(H,12,13,15). The highest BCUT2D eigenvalue weighted by molar-refractivity contribution is 6.34. The molecule has 1 aliphatic rings. The Kier molecular flexibility index (Phi) is 1.91. The minimum atomic E-state index is 0.0234. The first kappa shape index (κ1) is 9.59. The lowest BCUT2D eigenvalue weighted by Crippen LogP contribution is -2.27.